The third-order valence-electron chi connectivity index (χ3n) is 2.76. The minimum Gasteiger partial charge on any atom is -0.394 e. The molecule has 1 aliphatic heterocycles. The van der Waals surface area contributed by atoms with Crippen LogP contribution in [0.5, 0.6) is 0 Å². The molecule has 1 fully saturated rings. The van der Waals surface area contributed by atoms with Gasteiger partial charge in [0.15, 0.2) is 0 Å². The Labute approximate surface area is 82.1 Å². The van der Waals surface area contributed by atoms with Gasteiger partial charge in [0.25, 0.3) is 0 Å². The molecule has 0 aromatic carbocycles. The van der Waals surface area contributed by atoms with Crippen LogP contribution in [0, 0.1) is 5.92 Å². The monoisotopic (exact) mass is 201 g/mol. The van der Waals surface area contributed by atoms with Crippen LogP contribution in [0.2, 0.25) is 0 Å². The van der Waals surface area contributed by atoms with Gasteiger partial charge in [-0.15, -0.1) is 0 Å². The predicted molar refractivity (Wildman–Crippen MR) is 49.5 cm³/mol. The molecule has 0 amide bonds. The summed E-state index contributed by atoms with van der Waals surface area (Å²) in [7, 11) is 0. The highest BCUT2D eigenvalue weighted by atomic mass is 16.5. The van der Waals surface area contributed by atoms with Crippen LogP contribution in [-0.2, 0) is 4.74 Å². The Balaban J connectivity index is 2.82. The lowest BCUT2D eigenvalue weighted by molar-refractivity contribution is -0.157. The lowest BCUT2D eigenvalue weighted by Crippen LogP contribution is -2.52. The minimum atomic E-state index is -0.929. The Hall–Kier alpha value is -0.810. The lowest BCUT2D eigenvalue weighted by Gasteiger charge is -2.40. The first-order valence-corrected chi connectivity index (χ1v) is 4.60. The van der Waals surface area contributed by atoms with Crippen molar-refractivity contribution in [1.29, 1.82) is 0 Å². The Kier molecular flexibility index (Phi) is 3.71. The average molecular weight is 201 g/mol. The largest absolute Gasteiger partial charge is 0.394 e. The highest BCUT2D eigenvalue weighted by Gasteiger charge is 2.40. The molecule has 0 saturated carbocycles. The summed E-state index contributed by atoms with van der Waals surface area (Å²) in [5, 5.41) is 22.2. The maximum atomic E-state index is 9.70. The van der Waals surface area contributed by atoms with Crippen LogP contribution in [0.3, 0.4) is 0 Å². The van der Waals surface area contributed by atoms with Gasteiger partial charge in [0.1, 0.15) is 6.10 Å². The first kappa shape index (κ1) is 11.3. The fourth-order valence-electron chi connectivity index (χ4n) is 1.67. The number of rotatable bonds is 2. The summed E-state index contributed by atoms with van der Waals surface area (Å²) in [6, 6.07) is -0.527. The Morgan fingerprint density at radius 3 is 2.64 bits per heavy atom. The smallest absolute Gasteiger partial charge is 0.107 e. The summed E-state index contributed by atoms with van der Waals surface area (Å²) in [5.41, 5.74) is 8.34. The molecule has 6 heteroatoms. The van der Waals surface area contributed by atoms with E-state index < -0.39 is 18.2 Å². The zero-order chi connectivity index (χ0) is 10.7. The van der Waals surface area contributed by atoms with Crippen molar-refractivity contribution in [3.8, 4) is 0 Å². The average Bonchev–Trinajstić information content (AvgIpc) is 2.18. The van der Waals surface area contributed by atoms with Crippen molar-refractivity contribution in [2.24, 2.45) is 11.0 Å². The molecule has 1 rings (SSSR count). The van der Waals surface area contributed by atoms with Crippen LogP contribution in [0.4, 0.5) is 0 Å². The van der Waals surface area contributed by atoms with Gasteiger partial charge in [0.2, 0.25) is 0 Å². The van der Waals surface area contributed by atoms with E-state index in [1.807, 2.05) is 13.8 Å². The second kappa shape index (κ2) is 4.61. The first-order valence-electron chi connectivity index (χ1n) is 4.60. The van der Waals surface area contributed by atoms with E-state index in [0.29, 0.717) is 0 Å². The van der Waals surface area contributed by atoms with Gasteiger partial charge in [-0.25, -0.2) is 0 Å². The SMILES string of the molecule is CC1OC(CO)[C@@H](O)[C@H](N=[N+]=[N-])C1C. The number of ether oxygens (including phenoxy) is 1. The molecule has 1 saturated heterocycles. The number of aliphatic hydroxyl groups is 2. The van der Waals surface area contributed by atoms with Crippen molar-refractivity contribution < 1.29 is 14.9 Å². The summed E-state index contributed by atoms with van der Waals surface area (Å²) >= 11 is 0. The normalized spacial score (nSPS) is 43.0. The fourth-order valence-corrected chi connectivity index (χ4v) is 1.67. The second-order valence-corrected chi connectivity index (χ2v) is 3.61. The fraction of sp³-hybridized carbons (Fsp3) is 1.00. The zero-order valence-electron chi connectivity index (χ0n) is 8.24. The summed E-state index contributed by atoms with van der Waals surface area (Å²) in [6.45, 7) is 3.41. The maximum absolute atomic E-state index is 9.70. The zero-order valence-corrected chi connectivity index (χ0v) is 8.24. The van der Waals surface area contributed by atoms with E-state index in [1.165, 1.54) is 0 Å². The van der Waals surface area contributed by atoms with Crippen molar-refractivity contribution in [3.05, 3.63) is 10.4 Å². The van der Waals surface area contributed by atoms with Gasteiger partial charge in [-0.3, -0.25) is 0 Å². The molecule has 6 nitrogen and oxygen atoms in total. The third-order valence-corrected chi connectivity index (χ3v) is 2.76. The molecule has 0 aromatic rings. The second-order valence-electron chi connectivity index (χ2n) is 3.61. The van der Waals surface area contributed by atoms with Gasteiger partial charge in [0, 0.05) is 4.91 Å². The molecule has 5 atom stereocenters. The molecule has 14 heavy (non-hydrogen) atoms. The van der Waals surface area contributed by atoms with Crippen LogP contribution in [0.15, 0.2) is 5.11 Å². The van der Waals surface area contributed by atoms with Gasteiger partial charge < -0.3 is 14.9 Å². The Morgan fingerprint density at radius 2 is 2.14 bits per heavy atom. The highest BCUT2D eigenvalue weighted by molar-refractivity contribution is 4.93. The van der Waals surface area contributed by atoms with Gasteiger partial charge in [-0.05, 0) is 18.4 Å². The third kappa shape index (κ3) is 1.99. The number of hydrogen-bond donors (Lipinski definition) is 2. The summed E-state index contributed by atoms with van der Waals surface area (Å²) in [6.07, 6.45) is -1.72. The number of aliphatic hydroxyl groups excluding tert-OH is 2. The Morgan fingerprint density at radius 1 is 1.50 bits per heavy atom. The van der Waals surface area contributed by atoms with Crippen molar-refractivity contribution in [1.82, 2.24) is 0 Å². The van der Waals surface area contributed by atoms with Crippen molar-refractivity contribution >= 4 is 0 Å². The molecule has 0 spiro atoms. The summed E-state index contributed by atoms with van der Waals surface area (Å²) < 4.78 is 5.35. The molecule has 0 aliphatic carbocycles. The number of nitrogens with zero attached hydrogens (tertiary/aromatic N) is 3. The van der Waals surface area contributed by atoms with E-state index in [2.05, 4.69) is 10.0 Å². The molecule has 0 aromatic heterocycles. The summed E-state index contributed by atoms with van der Waals surface area (Å²) in [5.74, 6) is -0.0521. The van der Waals surface area contributed by atoms with Crippen LogP contribution >= 0.6 is 0 Å². The quantitative estimate of drug-likeness (QED) is 0.385. The van der Waals surface area contributed by atoms with E-state index in [-0.39, 0.29) is 18.6 Å². The van der Waals surface area contributed by atoms with E-state index in [9.17, 15) is 5.11 Å². The minimum absolute atomic E-state index is 0.0521. The van der Waals surface area contributed by atoms with E-state index in [1.54, 1.807) is 0 Å². The van der Waals surface area contributed by atoms with Gasteiger partial charge in [0.05, 0.1) is 24.9 Å². The molecular formula is C8H15N3O3. The maximum Gasteiger partial charge on any atom is 0.107 e. The first-order chi connectivity index (χ1) is 6.61. The van der Waals surface area contributed by atoms with E-state index >= 15 is 0 Å². The molecular weight excluding hydrogens is 186 g/mol. The van der Waals surface area contributed by atoms with E-state index in [4.69, 9.17) is 15.4 Å². The highest BCUT2D eigenvalue weighted by Crippen LogP contribution is 2.27. The molecule has 0 bridgehead atoms. The molecule has 3 unspecified atom stereocenters. The van der Waals surface area contributed by atoms with Gasteiger partial charge >= 0.3 is 0 Å². The molecule has 2 N–H and O–H groups in total. The molecule has 80 valence electrons. The van der Waals surface area contributed by atoms with Crippen molar-refractivity contribution in [2.75, 3.05) is 6.61 Å². The van der Waals surface area contributed by atoms with Crippen molar-refractivity contribution in [3.63, 3.8) is 0 Å². The number of hydrogen-bond acceptors (Lipinski definition) is 4. The van der Waals surface area contributed by atoms with Gasteiger partial charge in [-0.2, -0.15) is 0 Å². The predicted octanol–water partition coefficient (Wildman–Crippen LogP) is 0.442. The molecule has 1 aliphatic rings. The number of azide groups is 1. The molecule has 0 radical (unpaired) electrons. The van der Waals surface area contributed by atoms with Crippen molar-refractivity contribution in [2.45, 2.75) is 38.2 Å². The lowest BCUT2D eigenvalue weighted by atomic mass is 9.87. The Bertz CT molecular complexity index is 242. The standard InChI is InChI=1S/C8H15N3O3/c1-4-5(2)14-6(3-12)8(13)7(4)10-11-9/h4-8,12-13H,3H2,1-2H3/t4?,5?,6?,7-,8-/m1/s1. The van der Waals surface area contributed by atoms with Crippen LogP contribution in [0.1, 0.15) is 13.8 Å². The van der Waals surface area contributed by atoms with Crippen LogP contribution in [0.25, 0.3) is 10.4 Å². The molecule has 1 heterocycles. The van der Waals surface area contributed by atoms with Crippen LogP contribution in [-0.4, -0.2) is 41.2 Å². The van der Waals surface area contributed by atoms with Gasteiger partial charge in [-0.1, -0.05) is 12.0 Å². The van der Waals surface area contributed by atoms with Crippen LogP contribution < -0.4 is 0 Å². The van der Waals surface area contributed by atoms with E-state index in [0.717, 1.165) is 0 Å². The topological polar surface area (TPSA) is 98.5 Å². The summed E-state index contributed by atoms with van der Waals surface area (Å²) in [4.78, 5) is 2.69.